The molecule has 0 saturated heterocycles. The molecule has 0 aromatic rings. The molecule has 0 unspecified atom stereocenters. The standard InChI is InChI=1S/2C5H11.Y/c2*1-4-5(2)3;/h2*5H,1,4H2,2-3H3;/q2*-1;. The van der Waals surface area contributed by atoms with Crippen LogP contribution >= 0.6 is 0 Å². The van der Waals surface area contributed by atoms with Crippen LogP contribution in [0.15, 0.2) is 0 Å². The molecule has 0 heterocycles. The summed E-state index contributed by atoms with van der Waals surface area (Å²) in [6.45, 7) is 16.0. The third-order valence-electron chi connectivity index (χ3n) is 1.15. The molecule has 0 nitrogen and oxygen atoms in total. The monoisotopic (exact) mass is 231 g/mol. The van der Waals surface area contributed by atoms with Crippen LogP contribution < -0.4 is 0 Å². The van der Waals surface area contributed by atoms with Crippen molar-refractivity contribution in [1.82, 2.24) is 0 Å². The van der Waals surface area contributed by atoms with Crippen LogP contribution in [0.1, 0.15) is 40.5 Å². The molecule has 67 valence electrons. The normalized spacial score (nSPS) is 8.73. The Bertz CT molecular complexity index is 40.8. The van der Waals surface area contributed by atoms with E-state index in [-0.39, 0.29) is 32.7 Å². The fourth-order valence-corrected chi connectivity index (χ4v) is 0. The van der Waals surface area contributed by atoms with Crippen molar-refractivity contribution in [3.8, 4) is 0 Å². The van der Waals surface area contributed by atoms with Crippen LogP contribution in [0.2, 0.25) is 0 Å². The zero-order valence-electron chi connectivity index (χ0n) is 8.56. The Hall–Kier alpha value is 1.10. The maximum atomic E-state index is 3.69. The Morgan fingerprint density at radius 2 is 0.909 bits per heavy atom. The fraction of sp³-hybridized carbons (Fsp3) is 0.800. The van der Waals surface area contributed by atoms with Gasteiger partial charge in [-0.05, 0) is 0 Å². The molecule has 0 aliphatic rings. The fourth-order valence-electron chi connectivity index (χ4n) is 0. The van der Waals surface area contributed by atoms with Crippen molar-refractivity contribution < 1.29 is 32.7 Å². The van der Waals surface area contributed by atoms with Crippen molar-refractivity contribution in [2.24, 2.45) is 11.8 Å². The first-order valence-corrected chi connectivity index (χ1v) is 4.13. The molecule has 0 saturated carbocycles. The van der Waals surface area contributed by atoms with Crippen molar-refractivity contribution in [2.45, 2.75) is 40.5 Å². The molecule has 0 rings (SSSR count). The molecule has 0 aromatic carbocycles. The third kappa shape index (κ3) is 35.3. The molecule has 0 fully saturated rings. The molecule has 0 bridgehead atoms. The first kappa shape index (κ1) is 18.0. The van der Waals surface area contributed by atoms with Gasteiger partial charge in [0.25, 0.3) is 0 Å². The maximum absolute atomic E-state index is 3.69. The van der Waals surface area contributed by atoms with Crippen molar-refractivity contribution >= 4 is 0 Å². The summed E-state index contributed by atoms with van der Waals surface area (Å²) >= 11 is 0. The van der Waals surface area contributed by atoms with Crippen LogP contribution in [-0.2, 0) is 32.7 Å². The SMILES string of the molecule is [CH2-]CC(C)C.[CH2-]CC(C)C.[Y]. The first-order valence-electron chi connectivity index (χ1n) is 4.13. The van der Waals surface area contributed by atoms with E-state index in [9.17, 15) is 0 Å². The van der Waals surface area contributed by atoms with Gasteiger partial charge in [0, 0.05) is 32.7 Å². The van der Waals surface area contributed by atoms with Crippen LogP contribution in [-0.4, -0.2) is 0 Å². The molecule has 0 amide bonds. The van der Waals surface area contributed by atoms with Crippen LogP contribution in [0.3, 0.4) is 0 Å². The number of rotatable bonds is 2. The molecule has 0 atom stereocenters. The van der Waals surface area contributed by atoms with Gasteiger partial charge in [-0.1, -0.05) is 39.5 Å². The topological polar surface area (TPSA) is 0 Å². The summed E-state index contributed by atoms with van der Waals surface area (Å²) in [5.74, 6) is 1.55. The largest absolute Gasteiger partial charge is 0.343 e. The van der Waals surface area contributed by atoms with Crippen molar-refractivity contribution in [1.29, 1.82) is 0 Å². The second kappa shape index (κ2) is 13.7. The van der Waals surface area contributed by atoms with E-state index in [0.717, 1.165) is 24.7 Å². The van der Waals surface area contributed by atoms with Gasteiger partial charge in [0.15, 0.2) is 0 Å². The summed E-state index contributed by atoms with van der Waals surface area (Å²) in [6, 6.07) is 0. The molecule has 0 aromatic heterocycles. The average Bonchev–Trinajstić information content (AvgIpc) is 1.89. The third-order valence-corrected chi connectivity index (χ3v) is 1.15. The molecule has 1 heteroatoms. The maximum Gasteiger partial charge on any atom is 0 e. The quantitative estimate of drug-likeness (QED) is 0.635. The summed E-state index contributed by atoms with van der Waals surface area (Å²) in [7, 11) is 0. The van der Waals surface area contributed by atoms with Crippen molar-refractivity contribution in [3.05, 3.63) is 13.8 Å². The predicted molar refractivity (Wildman–Crippen MR) is 49.6 cm³/mol. The summed E-state index contributed by atoms with van der Waals surface area (Å²) < 4.78 is 0. The predicted octanol–water partition coefficient (Wildman–Crippen LogP) is 3.73. The Balaban J connectivity index is -0.000000107. The average molecular weight is 231 g/mol. The zero-order chi connectivity index (χ0) is 8.57. The van der Waals surface area contributed by atoms with Gasteiger partial charge in [-0.3, -0.25) is 0 Å². The minimum absolute atomic E-state index is 0. The van der Waals surface area contributed by atoms with E-state index in [2.05, 4.69) is 41.5 Å². The molecule has 0 N–H and O–H groups in total. The molecular formula is C10H22Y-2. The minimum atomic E-state index is 0. The summed E-state index contributed by atoms with van der Waals surface area (Å²) in [6.07, 6.45) is 2.11. The Morgan fingerprint density at radius 3 is 0.909 bits per heavy atom. The Labute approximate surface area is 98.4 Å². The van der Waals surface area contributed by atoms with E-state index in [4.69, 9.17) is 0 Å². The van der Waals surface area contributed by atoms with Gasteiger partial charge in [-0.2, -0.15) is 12.8 Å². The van der Waals surface area contributed by atoms with E-state index in [1.807, 2.05) is 0 Å². The van der Waals surface area contributed by atoms with E-state index in [1.165, 1.54) is 0 Å². The molecule has 1 radical (unpaired) electrons. The van der Waals surface area contributed by atoms with E-state index >= 15 is 0 Å². The Kier molecular flexibility index (Phi) is 22.4. The second-order valence-corrected chi connectivity index (χ2v) is 3.37. The number of hydrogen-bond acceptors (Lipinski definition) is 0. The van der Waals surface area contributed by atoms with Crippen LogP contribution in [0.5, 0.6) is 0 Å². The molecule has 0 aliphatic heterocycles. The zero-order valence-corrected chi connectivity index (χ0v) is 11.4. The van der Waals surface area contributed by atoms with E-state index in [1.54, 1.807) is 0 Å². The summed E-state index contributed by atoms with van der Waals surface area (Å²) in [4.78, 5) is 0. The van der Waals surface area contributed by atoms with Gasteiger partial charge in [0.2, 0.25) is 0 Å². The van der Waals surface area contributed by atoms with E-state index < -0.39 is 0 Å². The van der Waals surface area contributed by atoms with Crippen LogP contribution in [0.25, 0.3) is 0 Å². The first-order chi connectivity index (χ1) is 4.54. The number of hydrogen-bond donors (Lipinski definition) is 0. The van der Waals surface area contributed by atoms with Gasteiger partial charge >= 0.3 is 0 Å². The van der Waals surface area contributed by atoms with Gasteiger partial charge in [-0.25, -0.2) is 0 Å². The van der Waals surface area contributed by atoms with Crippen molar-refractivity contribution in [3.63, 3.8) is 0 Å². The molecule has 0 aliphatic carbocycles. The molecule has 11 heavy (non-hydrogen) atoms. The van der Waals surface area contributed by atoms with Gasteiger partial charge in [0.05, 0.1) is 0 Å². The van der Waals surface area contributed by atoms with Gasteiger partial charge in [0.1, 0.15) is 0 Å². The van der Waals surface area contributed by atoms with Crippen LogP contribution in [0, 0.1) is 25.7 Å². The molecular weight excluding hydrogens is 209 g/mol. The Morgan fingerprint density at radius 1 is 0.818 bits per heavy atom. The van der Waals surface area contributed by atoms with Crippen molar-refractivity contribution in [2.75, 3.05) is 0 Å². The van der Waals surface area contributed by atoms with Gasteiger partial charge < -0.3 is 13.8 Å². The van der Waals surface area contributed by atoms with E-state index in [0.29, 0.717) is 0 Å². The minimum Gasteiger partial charge on any atom is -0.343 e. The van der Waals surface area contributed by atoms with Crippen LogP contribution in [0.4, 0.5) is 0 Å². The van der Waals surface area contributed by atoms with Gasteiger partial charge in [-0.15, -0.1) is 0 Å². The molecule has 0 spiro atoms. The smallest absolute Gasteiger partial charge is 0 e. The summed E-state index contributed by atoms with van der Waals surface area (Å²) in [5, 5.41) is 0. The second-order valence-electron chi connectivity index (χ2n) is 3.37. The summed E-state index contributed by atoms with van der Waals surface area (Å²) in [5.41, 5.74) is 0.